The molecule has 0 saturated carbocycles. The van der Waals surface area contributed by atoms with Crippen molar-refractivity contribution in [2.75, 3.05) is 6.61 Å². The summed E-state index contributed by atoms with van der Waals surface area (Å²) in [7, 11) is 0. The molecule has 0 amide bonds. The van der Waals surface area contributed by atoms with Crippen LogP contribution in [0.1, 0.15) is 20.3 Å². The molecular weight excluding hydrogens is 144 g/mol. The van der Waals surface area contributed by atoms with Crippen LogP contribution >= 0.6 is 0 Å². The molecule has 0 aromatic heterocycles. The van der Waals surface area contributed by atoms with E-state index in [1.54, 1.807) is 13.2 Å². The van der Waals surface area contributed by atoms with Gasteiger partial charge in [-0.1, -0.05) is 0 Å². The van der Waals surface area contributed by atoms with Gasteiger partial charge in [-0.15, -0.1) is 0 Å². The molecular formula is C8H14O3. The highest BCUT2D eigenvalue weighted by molar-refractivity contribution is 4.95. The van der Waals surface area contributed by atoms with Crippen molar-refractivity contribution in [1.29, 1.82) is 0 Å². The average Bonchev–Trinajstić information content (AvgIpc) is 2.38. The lowest BCUT2D eigenvalue weighted by Gasteiger charge is -2.30. The van der Waals surface area contributed by atoms with E-state index in [-0.39, 0.29) is 0 Å². The first-order valence-electron chi connectivity index (χ1n) is 3.86. The van der Waals surface area contributed by atoms with Crippen LogP contribution in [0.3, 0.4) is 0 Å². The average molecular weight is 158 g/mol. The zero-order valence-corrected chi connectivity index (χ0v) is 6.91. The first-order chi connectivity index (χ1) is 5.21. The van der Waals surface area contributed by atoms with Crippen molar-refractivity contribution in [1.82, 2.24) is 0 Å². The summed E-state index contributed by atoms with van der Waals surface area (Å²) in [6.45, 7) is 4.10. The number of hydrogen-bond donors (Lipinski definition) is 1. The molecule has 1 N–H and O–H groups in total. The zero-order chi connectivity index (χ0) is 8.32. The molecule has 1 aliphatic heterocycles. The molecule has 1 aliphatic rings. The van der Waals surface area contributed by atoms with E-state index in [9.17, 15) is 5.11 Å². The van der Waals surface area contributed by atoms with E-state index < -0.39 is 11.9 Å². The molecule has 2 atom stereocenters. The van der Waals surface area contributed by atoms with Crippen molar-refractivity contribution in [3.63, 3.8) is 0 Å². The number of aliphatic hydroxyl groups is 1. The second kappa shape index (κ2) is 3.24. The minimum atomic E-state index is -0.811. The normalized spacial score (nSPS) is 31.9. The van der Waals surface area contributed by atoms with Crippen LogP contribution in [-0.4, -0.2) is 23.6 Å². The van der Waals surface area contributed by atoms with Gasteiger partial charge in [-0.2, -0.15) is 0 Å². The quantitative estimate of drug-likeness (QED) is 0.666. The highest BCUT2D eigenvalue weighted by Crippen LogP contribution is 2.28. The molecule has 1 rings (SSSR count). The zero-order valence-electron chi connectivity index (χ0n) is 6.91. The third kappa shape index (κ3) is 1.54. The minimum absolute atomic E-state index is 0.548. The Morgan fingerprint density at radius 1 is 1.82 bits per heavy atom. The van der Waals surface area contributed by atoms with Gasteiger partial charge in [0.15, 0.2) is 0 Å². The molecule has 0 saturated heterocycles. The van der Waals surface area contributed by atoms with Gasteiger partial charge in [0.1, 0.15) is 6.10 Å². The van der Waals surface area contributed by atoms with Crippen LogP contribution in [-0.2, 0) is 9.47 Å². The van der Waals surface area contributed by atoms with Crippen molar-refractivity contribution in [3.05, 3.63) is 12.3 Å². The molecule has 3 nitrogen and oxygen atoms in total. The molecule has 0 spiro atoms. The third-order valence-corrected chi connectivity index (χ3v) is 1.79. The molecule has 0 bridgehead atoms. The lowest BCUT2D eigenvalue weighted by Crippen LogP contribution is -2.42. The molecule has 64 valence electrons. The van der Waals surface area contributed by atoms with Gasteiger partial charge in [0, 0.05) is 13.0 Å². The van der Waals surface area contributed by atoms with E-state index in [4.69, 9.17) is 9.47 Å². The van der Waals surface area contributed by atoms with Crippen LogP contribution in [0.25, 0.3) is 0 Å². The lowest BCUT2D eigenvalue weighted by molar-refractivity contribution is -0.241. The topological polar surface area (TPSA) is 38.7 Å². The van der Waals surface area contributed by atoms with E-state index in [2.05, 4.69) is 0 Å². The van der Waals surface area contributed by atoms with Crippen LogP contribution in [0, 0.1) is 0 Å². The molecule has 11 heavy (non-hydrogen) atoms. The molecule has 0 aromatic carbocycles. The Morgan fingerprint density at radius 3 is 2.91 bits per heavy atom. The Morgan fingerprint density at radius 2 is 2.55 bits per heavy atom. The fourth-order valence-corrected chi connectivity index (χ4v) is 1.15. The highest BCUT2D eigenvalue weighted by atomic mass is 16.7. The molecule has 0 aromatic rings. The van der Waals surface area contributed by atoms with Gasteiger partial charge in [0.25, 0.3) is 0 Å². The summed E-state index contributed by atoms with van der Waals surface area (Å²) in [5.41, 5.74) is 0. The van der Waals surface area contributed by atoms with Gasteiger partial charge >= 0.3 is 0 Å². The van der Waals surface area contributed by atoms with E-state index in [0.717, 1.165) is 0 Å². The maximum atomic E-state index is 9.34. The predicted octanol–water partition coefficient (Wildman–Crippen LogP) is 1.03. The van der Waals surface area contributed by atoms with Gasteiger partial charge in [-0.3, -0.25) is 0 Å². The van der Waals surface area contributed by atoms with Gasteiger partial charge in [0.2, 0.25) is 5.79 Å². The fraction of sp³-hybridized carbons (Fsp3) is 0.750. The lowest BCUT2D eigenvalue weighted by atomic mass is 10.1. The van der Waals surface area contributed by atoms with Crippen LogP contribution in [0.4, 0.5) is 0 Å². The van der Waals surface area contributed by atoms with Crippen LogP contribution in [0.2, 0.25) is 0 Å². The first-order valence-corrected chi connectivity index (χ1v) is 3.86. The monoisotopic (exact) mass is 158 g/mol. The van der Waals surface area contributed by atoms with Crippen LogP contribution in [0.5, 0.6) is 0 Å². The summed E-state index contributed by atoms with van der Waals surface area (Å²) in [5.74, 6) is -0.811. The van der Waals surface area contributed by atoms with Gasteiger partial charge < -0.3 is 14.6 Å². The molecule has 0 radical (unpaired) electrons. The van der Waals surface area contributed by atoms with Crippen molar-refractivity contribution in [2.24, 2.45) is 0 Å². The number of ether oxygens (including phenoxy) is 2. The Kier molecular flexibility index (Phi) is 2.52. The third-order valence-electron chi connectivity index (χ3n) is 1.79. The van der Waals surface area contributed by atoms with Crippen molar-refractivity contribution in [3.8, 4) is 0 Å². The summed E-state index contributed by atoms with van der Waals surface area (Å²) in [6.07, 6.45) is 3.45. The van der Waals surface area contributed by atoms with E-state index in [1.807, 2.05) is 13.0 Å². The van der Waals surface area contributed by atoms with E-state index >= 15 is 0 Å². The molecule has 0 aliphatic carbocycles. The molecule has 3 heteroatoms. The van der Waals surface area contributed by atoms with Gasteiger partial charge in [0.05, 0.1) is 6.26 Å². The summed E-state index contributed by atoms with van der Waals surface area (Å²) in [6, 6.07) is 0. The summed E-state index contributed by atoms with van der Waals surface area (Å²) >= 11 is 0. The second-order valence-corrected chi connectivity index (χ2v) is 2.61. The SMILES string of the molecule is CCOC1(C(C)O)CC=CO1. The van der Waals surface area contributed by atoms with Crippen LogP contribution in [0.15, 0.2) is 12.3 Å². The Hall–Kier alpha value is -0.540. The summed E-state index contributed by atoms with van der Waals surface area (Å²) < 4.78 is 10.5. The van der Waals surface area contributed by atoms with Crippen molar-refractivity contribution < 1.29 is 14.6 Å². The summed E-state index contributed by atoms with van der Waals surface area (Å²) in [5, 5.41) is 9.34. The Bertz CT molecular complexity index is 143. The van der Waals surface area contributed by atoms with Gasteiger partial charge in [-0.25, -0.2) is 0 Å². The summed E-state index contributed by atoms with van der Waals surface area (Å²) in [4.78, 5) is 0. The predicted molar refractivity (Wildman–Crippen MR) is 40.9 cm³/mol. The molecule has 2 unspecified atom stereocenters. The minimum Gasteiger partial charge on any atom is -0.467 e. The second-order valence-electron chi connectivity index (χ2n) is 2.61. The smallest absolute Gasteiger partial charge is 0.239 e. The highest BCUT2D eigenvalue weighted by Gasteiger charge is 2.39. The van der Waals surface area contributed by atoms with Crippen molar-refractivity contribution >= 4 is 0 Å². The standard InChI is InChI=1S/C8H14O3/c1-3-10-8(7(2)9)5-4-6-11-8/h4,6-7,9H,3,5H2,1-2H3. The largest absolute Gasteiger partial charge is 0.467 e. The number of hydrogen-bond acceptors (Lipinski definition) is 3. The fourth-order valence-electron chi connectivity index (χ4n) is 1.15. The van der Waals surface area contributed by atoms with Crippen molar-refractivity contribution in [2.45, 2.75) is 32.2 Å². The first kappa shape index (κ1) is 8.56. The van der Waals surface area contributed by atoms with E-state index in [0.29, 0.717) is 13.0 Å². The maximum absolute atomic E-state index is 9.34. The number of aliphatic hydroxyl groups excluding tert-OH is 1. The molecule has 0 fully saturated rings. The van der Waals surface area contributed by atoms with Crippen LogP contribution < -0.4 is 0 Å². The van der Waals surface area contributed by atoms with Gasteiger partial charge in [-0.05, 0) is 19.9 Å². The molecule has 1 heterocycles. The van der Waals surface area contributed by atoms with E-state index in [1.165, 1.54) is 0 Å². The Balaban J connectivity index is 2.57. The maximum Gasteiger partial charge on any atom is 0.239 e. The Labute approximate surface area is 66.6 Å². The number of rotatable bonds is 3.